The van der Waals surface area contributed by atoms with Crippen molar-refractivity contribution in [2.24, 2.45) is 0 Å². The van der Waals surface area contributed by atoms with E-state index in [0.29, 0.717) is 0 Å². The fraction of sp³-hybridized carbons (Fsp3) is 0.579. The molecular weight excluding hydrogens is 302 g/mol. The normalized spacial score (nSPS) is 18.7. The van der Waals surface area contributed by atoms with Crippen molar-refractivity contribution in [2.75, 3.05) is 37.6 Å². The standard InChI is InChI=1S/C19H27N3O2/c1-16(23)22(18-9-5-6-10-18)15-19(24)21-13-11-20(12-14-21)17-7-3-2-4-8-17/h2-4,7-8,18H,5-6,9-15H2,1H3. The van der Waals surface area contributed by atoms with Crippen molar-refractivity contribution in [1.82, 2.24) is 9.80 Å². The number of rotatable bonds is 4. The molecule has 1 saturated carbocycles. The number of hydrogen-bond donors (Lipinski definition) is 0. The number of para-hydroxylation sites is 1. The number of hydrogen-bond acceptors (Lipinski definition) is 3. The maximum absolute atomic E-state index is 12.6. The highest BCUT2D eigenvalue weighted by Gasteiger charge is 2.29. The minimum atomic E-state index is 0.0261. The van der Waals surface area contributed by atoms with Crippen LogP contribution in [0.5, 0.6) is 0 Å². The molecule has 0 spiro atoms. The molecule has 1 saturated heterocycles. The van der Waals surface area contributed by atoms with Gasteiger partial charge in [0, 0.05) is 44.8 Å². The Morgan fingerprint density at radius 2 is 1.67 bits per heavy atom. The molecule has 130 valence electrons. The second-order valence-corrected chi connectivity index (χ2v) is 6.79. The monoisotopic (exact) mass is 329 g/mol. The Morgan fingerprint density at radius 3 is 2.25 bits per heavy atom. The van der Waals surface area contributed by atoms with Crippen LogP contribution in [-0.2, 0) is 9.59 Å². The van der Waals surface area contributed by atoms with E-state index in [2.05, 4.69) is 17.0 Å². The zero-order valence-electron chi connectivity index (χ0n) is 14.5. The van der Waals surface area contributed by atoms with Gasteiger partial charge in [-0.2, -0.15) is 0 Å². The van der Waals surface area contributed by atoms with Crippen molar-refractivity contribution in [3.63, 3.8) is 0 Å². The zero-order valence-corrected chi connectivity index (χ0v) is 14.5. The van der Waals surface area contributed by atoms with Crippen LogP contribution in [0.4, 0.5) is 5.69 Å². The number of piperazine rings is 1. The molecule has 1 aliphatic carbocycles. The molecule has 1 aromatic carbocycles. The van der Waals surface area contributed by atoms with Gasteiger partial charge in [0.15, 0.2) is 0 Å². The number of anilines is 1. The summed E-state index contributed by atoms with van der Waals surface area (Å²) in [5.74, 6) is 0.114. The van der Waals surface area contributed by atoms with E-state index in [4.69, 9.17) is 0 Å². The zero-order chi connectivity index (χ0) is 16.9. The second kappa shape index (κ2) is 7.69. The molecule has 1 heterocycles. The first-order valence-electron chi connectivity index (χ1n) is 9.00. The summed E-state index contributed by atoms with van der Waals surface area (Å²) in [4.78, 5) is 30.6. The van der Waals surface area contributed by atoms with Gasteiger partial charge in [0.2, 0.25) is 11.8 Å². The van der Waals surface area contributed by atoms with Crippen LogP contribution in [0.1, 0.15) is 32.6 Å². The van der Waals surface area contributed by atoms with Crippen LogP contribution in [0, 0.1) is 0 Å². The van der Waals surface area contributed by atoms with Crippen LogP contribution in [-0.4, -0.2) is 60.4 Å². The lowest BCUT2D eigenvalue weighted by molar-refractivity contribution is -0.141. The Hall–Kier alpha value is -2.04. The number of benzene rings is 1. The smallest absolute Gasteiger partial charge is 0.242 e. The van der Waals surface area contributed by atoms with Crippen LogP contribution < -0.4 is 4.90 Å². The number of carbonyl (C=O) groups is 2. The molecule has 0 unspecified atom stereocenters. The van der Waals surface area contributed by atoms with Gasteiger partial charge < -0.3 is 14.7 Å². The summed E-state index contributed by atoms with van der Waals surface area (Å²) >= 11 is 0. The van der Waals surface area contributed by atoms with Gasteiger partial charge in [-0.15, -0.1) is 0 Å². The average Bonchev–Trinajstić information content (AvgIpc) is 3.14. The van der Waals surface area contributed by atoms with E-state index in [-0.39, 0.29) is 24.4 Å². The minimum Gasteiger partial charge on any atom is -0.368 e. The summed E-state index contributed by atoms with van der Waals surface area (Å²) in [5.41, 5.74) is 1.21. The molecule has 0 aromatic heterocycles. The van der Waals surface area contributed by atoms with Crippen molar-refractivity contribution in [2.45, 2.75) is 38.6 Å². The third-order valence-corrected chi connectivity index (χ3v) is 5.23. The number of carbonyl (C=O) groups excluding carboxylic acids is 2. The molecule has 0 N–H and O–H groups in total. The molecule has 24 heavy (non-hydrogen) atoms. The maximum Gasteiger partial charge on any atom is 0.242 e. The topological polar surface area (TPSA) is 43.9 Å². The lowest BCUT2D eigenvalue weighted by atomic mass is 10.2. The van der Waals surface area contributed by atoms with Gasteiger partial charge in [-0.25, -0.2) is 0 Å². The number of amides is 2. The molecule has 2 aliphatic rings. The lowest BCUT2D eigenvalue weighted by Crippen LogP contribution is -2.52. The Morgan fingerprint density at radius 1 is 1.04 bits per heavy atom. The van der Waals surface area contributed by atoms with Gasteiger partial charge in [-0.1, -0.05) is 31.0 Å². The van der Waals surface area contributed by atoms with Crippen LogP contribution >= 0.6 is 0 Å². The Kier molecular flexibility index (Phi) is 5.38. The van der Waals surface area contributed by atoms with E-state index in [9.17, 15) is 9.59 Å². The summed E-state index contributed by atoms with van der Waals surface area (Å²) in [6.45, 7) is 4.97. The first kappa shape index (κ1) is 16.8. The number of nitrogens with zero attached hydrogens (tertiary/aromatic N) is 3. The Labute approximate surface area is 144 Å². The van der Waals surface area contributed by atoms with E-state index in [1.807, 2.05) is 23.1 Å². The average molecular weight is 329 g/mol. The largest absolute Gasteiger partial charge is 0.368 e. The fourth-order valence-electron chi connectivity index (χ4n) is 3.81. The molecule has 0 atom stereocenters. The molecule has 1 aromatic rings. The van der Waals surface area contributed by atoms with E-state index in [1.54, 1.807) is 11.8 Å². The Bertz CT molecular complexity index is 561. The van der Waals surface area contributed by atoms with E-state index < -0.39 is 0 Å². The predicted octanol–water partition coefficient (Wildman–Crippen LogP) is 2.13. The molecule has 1 aliphatic heterocycles. The fourth-order valence-corrected chi connectivity index (χ4v) is 3.81. The van der Waals surface area contributed by atoms with Gasteiger partial charge in [0.1, 0.15) is 0 Å². The summed E-state index contributed by atoms with van der Waals surface area (Å²) in [6, 6.07) is 10.6. The molecule has 0 bridgehead atoms. The lowest BCUT2D eigenvalue weighted by Gasteiger charge is -2.37. The van der Waals surface area contributed by atoms with Crippen LogP contribution in [0.25, 0.3) is 0 Å². The van der Waals surface area contributed by atoms with E-state index in [1.165, 1.54) is 18.5 Å². The Balaban J connectivity index is 1.53. The summed E-state index contributed by atoms with van der Waals surface area (Å²) in [5, 5.41) is 0. The summed E-state index contributed by atoms with van der Waals surface area (Å²) in [6.07, 6.45) is 4.40. The van der Waals surface area contributed by atoms with Crippen molar-refractivity contribution < 1.29 is 9.59 Å². The van der Waals surface area contributed by atoms with Gasteiger partial charge in [-0.3, -0.25) is 9.59 Å². The molecule has 2 fully saturated rings. The van der Waals surface area contributed by atoms with Gasteiger partial charge in [0.25, 0.3) is 0 Å². The van der Waals surface area contributed by atoms with Gasteiger partial charge >= 0.3 is 0 Å². The van der Waals surface area contributed by atoms with Crippen molar-refractivity contribution in [1.29, 1.82) is 0 Å². The molecule has 5 heteroatoms. The molecular formula is C19H27N3O2. The van der Waals surface area contributed by atoms with Crippen molar-refractivity contribution >= 4 is 17.5 Å². The molecule has 5 nitrogen and oxygen atoms in total. The summed E-state index contributed by atoms with van der Waals surface area (Å²) < 4.78 is 0. The maximum atomic E-state index is 12.6. The van der Waals surface area contributed by atoms with E-state index in [0.717, 1.165) is 39.0 Å². The predicted molar refractivity (Wildman–Crippen MR) is 94.9 cm³/mol. The van der Waals surface area contributed by atoms with Crippen LogP contribution in [0.3, 0.4) is 0 Å². The van der Waals surface area contributed by atoms with E-state index >= 15 is 0 Å². The van der Waals surface area contributed by atoms with Crippen molar-refractivity contribution in [3.8, 4) is 0 Å². The summed E-state index contributed by atoms with van der Waals surface area (Å²) in [7, 11) is 0. The molecule has 0 radical (unpaired) electrons. The molecule has 2 amide bonds. The highest BCUT2D eigenvalue weighted by atomic mass is 16.2. The first-order valence-corrected chi connectivity index (χ1v) is 9.00. The highest BCUT2D eigenvalue weighted by molar-refractivity contribution is 5.84. The highest BCUT2D eigenvalue weighted by Crippen LogP contribution is 2.24. The third-order valence-electron chi connectivity index (χ3n) is 5.23. The molecule has 3 rings (SSSR count). The van der Waals surface area contributed by atoms with Crippen molar-refractivity contribution in [3.05, 3.63) is 30.3 Å². The van der Waals surface area contributed by atoms with Crippen LogP contribution in [0.2, 0.25) is 0 Å². The van der Waals surface area contributed by atoms with Crippen LogP contribution in [0.15, 0.2) is 30.3 Å². The third kappa shape index (κ3) is 3.89. The second-order valence-electron chi connectivity index (χ2n) is 6.79. The SMILES string of the molecule is CC(=O)N(CC(=O)N1CCN(c2ccccc2)CC1)C1CCCC1. The van der Waals surface area contributed by atoms with Gasteiger partial charge in [-0.05, 0) is 25.0 Å². The quantitative estimate of drug-likeness (QED) is 0.850. The minimum absolute atomic E-state index is 0.0261. The first-order chi connectivity index (χ1) is 11.6. The van der Waals surface area contributed by atoms with Gasteiger partial charge in [0.05, 0.1) is 6.54 Å².